The number of aromatic nitrogens is 1. The summed E-state index contributed by atoms with van der Waals surface area (Å²) in [5.41, 5.74) is 2.94. The zero-order valence-electron chi connectivity index (χ0n) is 16.9. The third-order valence-electron chi connectivity index (χ3n) is 4.68. The third kappa shape index (κ3) is 4.51. The van der Waals surface area contributed by atoms with Crippen molar-refractivity contribution >= 4 is 22.5 Å². The van der Waals surface area contributed by atoms with E-state index in [-0.39, 0.29) is 11.5 Å². The Morgan fingerprint density at radius 1 is 1.00 bits per heavy atom. The number of rotatable bonds is 7. The Morgan fingerprint density at radius 3 is 2.31 bits per heavy atom. The van der Waals surface area contributed by atoms with Gasteiger partial charge in [-0.1, -0.05) is 6.07 Å². The number of pyridine rings is 1. The molecule has 29 heavy (non-hydrogen) atoms. The van der Waals surface area contributed by atoms with Crippen molar-refractivity contribution in [3.8, 4) is 17.2 Å². The van der Waals surface area contributed by atoms with Gasteiger partial charge in [0.25, 0.3) is 5.56 Å². The van der Waals surface area contributed by atoms with E-state index in [1.54, 1.807) is 19.1 Å². The average molecular weight is 396 g/mol. The minimum absolute atomic E-state index is 0.0880. The van der Waals surface area contributed by atoms with Crippen molar-refractivity contribution in [2.24, 2.45) is 0 Å². The van der Waals surface area contributed by atoms with Crippen LogP contribution in [0.1, 0.15) is 17.5 Å². The largest absolute Gasteiger partial charge is 0.493 e. The quantitative estimate of drug-likeness (QED) is 0.639. The number of hydrogen-bond acceptors (Lipinski definition) is 5. The van der Waals surface area contributed by atoms with Crippen molar-refractivity contribution in [2.45, 2.75) is 19.8 Å². The number of carbonyl (C=O) groups is 1. The number of H-pyrrole nitrogens is 1. The van der Waals surface area contributed by atoms with Crippen LogP contribution in [0.3, 0.4) is 0 Å². The smallest absolute Gasteiger partial charge is 0.251 e. The molecule has 152 valence electrons. The lowest BCUT2D eigenvalue weighted by Crippen LogP contribution is -2.13. The predicted octanol–water partition coefficient (Wildman–Crippen LogP) is 3.43. The third-order valence-corrected chi connectivity index (χ3v) is 4.68. The van der Waals surface area contributed by atoms with E-state index in [4.69, 9.17) is 14.2 Å². The highest BCUT2D eigenvalue weighted by Gasteiger charge is 2.14. The molecule has 0 spiro atoms. The fourth-order valence-corrected chi connectivity index (χ4v) is 3.16. The first-order valence-corrected chi connectivity index (χ1v) is 9.17. The molecule has 0 radical (unpaired) electrons. The van der Waals surface area contributed by atoms with Gasteiger partial charge in [-0.3, -0.25) is 9.59 Å². The maximum atomic E-state index is 12.4. The van der Waals surface area contributed by atoms with E-state index < -0.39 is 0 Å². The first-order valence-electron chi connectivity index (χ1n) is 9.17. The van der Waals surface area contributed by atoms with E-state index in [1.165, 1.54) is 21.3 Å². The lowest BCUT2D eigenvalue weighted by Gasteiger charge is -2.14. The summed E-state index contributed by atoms with van der Waals surface area (Å²) in [4.78, 5) is 27.0. The van der Waals surface area contributed by atoms with Gasteiger partial charge in [-0.05, 0) is 42.5 Å². The van der Waals surface area contributed by atoms with Crippen LogP contribution in [0.5, 0.6) is 17.2 Å². The summed E-state index contributed by atoms with van der Waals surface area (Å²) in [6.45, 7) is 1.77. The number of anilines is 1. The number of aromatic amines is 1. The molecule has 1 amide bonds. The van der Waals surface area contributed by atoms with Gasteiger partial charge in [0.05, 0.1) is 21.3 Å². The Morgan fingerprint density at radius 2 is 1.69 bits per heavy atom. The van der Waals surface area contributed by atoms with Crippen LogP contribution in [0.25, 0.3) is 10.9 Å². The molecule has 3 aromatic rings. The summed E-state index contributed by atoms with van der Waals surface area (Å²) in [6.07, 6.45) is 0.884. The van der Waals surface area contributed by atoms with Crippen LogP contribution in [-0.4, -0.2) is 32.2 Å². The molecular formula is C22H24N2O5. The van der Waals surface area contributed by atoms with E-state index in [0.29, 0.717) is 41.3 Å². The number of ether oxygens (including phenoxy) is 3. The lowest BCUT2D eigenvalue weighted by atomic mass is 10.1. The molecule has 2 N–H and O–H groups in total. The second-order valence-electron chi connectivity index (χ2n) is 6.67. The molecular weight excluding hydrogens is 372 g/mol. The van der Waals surface area contributed by atoms with Crippen molar-refractivity contribution in [2.75, 3.05) is 26.6 Å². The summed E-state index contributed by atoms with van der Waals surface area (Å²) in [5, 5.41) is 3.81. The van der Waals surface area contributed by atoms with Crippen LogP contribution in [-0.2, 0) is 11.2 Å². The number of fused-ring (bicyclic) bond motifs is 1. The molecule has 0 aliphatic carbocycles. The highest BCUT2D eigenvalue weighted by Crippen LogP contribution is 2.39. The van der Waals surface area contributed by atoms with E-state index >= 15 is 0 Å². The average Bonchev–Trinajstić information content (AvgIpc) is 2.72. The molecule has 1 aromatic heterocycles. The zero-order chi connectivity index (χ0) is 21.0. The molecule has 0 fully saturated rings. The molecule has 0 bridgehead atoms. The van der Waals surface area contributed by atoms with E-state index in [2.05, 4.69) is 10.3 Å². The van der Waals surface area contributed by atoms with Gasteiger partial charge >= 0.3 is 0 Å². The maximum absolute atomic E-state index is 12.4. The van der Waals surface area contributed by atoms with E-state index in [0.717, 1.165) is 16.5 Å². The number of benzene rings is 2. The van der Waals surface area contributed by atoms with E-state index in [9.17, 15) is 9.59 Å². The molecule has 7 nitrogen and oxygen atoms in total. The number of amides is 1. The van der Waals surface area contributed by atoms with Gasteiger partial charge in [-0.2, -0.15) is 0 Å². The second-order valence-corrected chi connectivity index (χ2v) is 6.67. The minimum Gasteiger partial charge on any atom is -0.493 e. The molecule has 0 saturated heterocycles. The van der Waals surface area contributed by atoms with Gasteiger partial charge in [-0.15, -0.1) is 0 Å². The zero-order valence-corrected chi connectivity index (χ0v) is 16.9. The second kappa shape index (κ2) is 8.68. The number of methoxy groups -OCH3 is 3. The SMILES string of the molecule is COc1cc(NC(=O)CCc2ccc3[nH]c(=O)c(C)cc3c2)cc(OC)c1OC. The lowest BCUT2D eigenvalue weighted by molar-refractivity contribution is -0.116. The maximum Gasteiger partial charge on any atom is 0.251 e. The molecule has 2 aromatic carbocycles. The van der Waals surface area contributed by atoms with Crippen LogP contribution in [0, 0.1) is 6.92 Å². The number of aryl methyl sites for hydroxylation is 2. The van der Waals surface area contributed by atoms with Crippen LogP contribution in [0.2, 0.25) is 0 Å². The summed E-state index contributed by atoms with van der Waals surface area (Å²) in [6, 6.07) is 11.0. The van der Waals surface area contributed by atoms with Gasteiger partial charge in [-0.25, -0.2) is 0 Å². The number of hydrogen-bond donors (Lipinski definition) is 2. The molecule has 0 aliphatic heterocycles. The number of nitrogens with one attached hydrogen (secondary N) is 2. The summed E-state index contributed by atoms with van der Waals surface area (Å²) < 4.78 is 15.9. The van der Waals surface area contributed by atoms with Gasteiger partial charge in [0.15, 0.2) is 11.5 Å². The molecule has 7 heteroatoms. The van der Waals surface area contributed by atoms with Crippen LogP contribution >= 0.6 is 0 Å². The Labute approximate surface area is 168 Å². The number of carbonyl (C=O) groups excluding carboxylic acids is 1. The Kier molecular flexibility index (Phi) is 6.07. The van der Waals surface area contributed by atoms with Crippen LogP contribution in [0.15, 0.2) is 41.2 Å². The van der Waals surface area contributed by atoms with Crippen molar-refractivity contribution in [3.63, 3.8) is 0 Å². The molecule has 3 rings (SSSR count). The van der Waals surface area contributed by atoms with Crippen molar-refractivity contribution in [1.82, 2.24) is 4.98 Å². The van der Waals surface area contributed by atoms with Crippen LogP contribution in [0.4, 0.5) is 5.69 Å². The van der Waals surface area contributed by atoms with Gasteiger partial charge < -0.3 is 24.5 Å². The Bertz CT molecular complexity index is 1080. The fraction of sp³-hybridized carbons (Fsp3) is 0.273. The van der Waals surface area contributed by atoms with Crippen LogP contribution < -0.4 is 25.1 Å². The standard InChI is InChI=1S/C22H24N2O5/c1-13-9-15-10-14(5-7-17(15)24-22(13)26)6-8-20(25)23-16-11-18(27-2)21(29-4)19(12-16)28-3/h5,7,9-12H,6,8H2,1-4H3,(H,23,25)(H,24,26). The van der Waals surface area contributed by atoms with Crippen molar-refractivity contribution in [3.05, 3.63) is 57.9 Å². The minimum atomic E-state index is -0.128. The Hall–Kier alpha value is -3.48. The summed E-state index contributed by atoms with van der Waals surface area (Å²) in [5.74, 6) is 1.29. The monoisotopic (exact) mass is 396 g/mol. The highest BCUT2D eigenvalue weighted by atomic mass is 16.5. The van der Waals surface area contributed by atoms with E-state index in [1.807, 2.05) is 24.3 Å². The van der Waals surface area contributed by atoms with Crippen molar-refractivity contribution in [1.29, 1.82) is 0 Å². The highest BCUT2D eigenvalue weighted by molar-refractivity contribution is 5.91. The molecule has 1 heterocycles. The normalized spacial score (nSPS) is 10.6. The molecule has 0 aliphatic rings. The van der Waals surface area contributed by atoms with Gasteiger partial charge in [0, 0.05) is 35.3 Å². The summed E-state index contributed by atoms with van der Waals surface area (Å²) in [7, 11) is 4.58. The van der Waals surface area contributed by atoms with Crippen molar-refractivity contribution < 1.29 is 19.0 Å². The first-order chi connectivity index (χ1) is 13.9. The Balaban J connectivity index is 1.71. The van der Waals surface area contributed by atoms with Gasteiger partial charge in [0.2, 0.25) is 11.7 Å². The van der Waals surface area contributed by atoms with Gasteiger partial charge in [0.1, 0.15) is 0 Å². The fourth-order valence-electron chi connectivity index (χ4n) is 3.16. The molecule has 0 unspecified atom stereocenters. The molecule has 0 saturated carbocycles. The predicted molar refractivity (Wildman–Crippen MR) is 112 cm³/mol. The topological polar surface area (TPSA) is 89.7 Å². The summed E-state index contributed by atoms with van der Waals surface area (Å²) >= 11 is 0. The molecule has 0 atom stereocenters. The first kappa shape index (κ1) is 20.3.